The van der Waals surface area contributed by atoms with Crippen molar-refractivity contribution in [2.45, 2.75) is 37.5 Å². The summed E-state index contributed by atoms with van der Waals surface area (Å²) in [6.45, 7) is 1.84. The molecule has 4 nitrogen and oxygen atoms in total. The van der Waals surface area contributed by atoms with E-state index in [1.807, 2.05) is 18.2 Å². The highest BCUT2D eigenvalue weighted by Gasteiger charge is 2.43. The Balaban J connectivity index is 1.51. The van der Waals surface area contributed by atoms with Gasteiger partial charge in [-0.15, -0.1) is 11.3 Å². The number of nitrogens with one attached hydrogen (secondary N) is 1. The smallest absolute Gasteiger partial charge is 0.230 e. The quantitative estimate of drug-likeness (QED) is 0.888. The fourth-order valence-corrected chi connectivity index (χ4v) is 4.60. The van der Waals surface area contributed by atoms with Crippen molar-refractivity contribution < 1.29 is 14.3 Å². The van der Waals surface area contributed by atoms with Crippen LogP contribution in [0.25, 0.3) is 0 Å². The van der Waals surface area contributed by atoms with Gasteiger partial charge < -0.3 is 14.8 Å². The van der Waals surface area contributed by atoms with Gasteiger partial charge >= 0.3 is 0 Å². The monoisotopic (exact) mass is 357 g/mol. The van der Waals surface area contributed by atoms with Gasteiger partial charge in [-0.2, -0.15) is 0 Å². The van der Waals surface area contributed by atoms with Crippen LogP contribution in [0, 0.1) is 0 Å². The highest BCUT2D eigenvalue weighted by Crippen LogP contribution is 2.44. The Morgan fingerprint density at radius 3 is 2.68 bits per heavy atom. The molecule has 1 saturated carbocycles. The van der Waals surface area contributed by atoms with Gasteiger partial charge in [0.25, 0.3) is 0 Å². The lowest BCUT2D eigenvalue weighted by atomic mass is 9.77. The lowest BCUT2D eigenvalue weighted by molar-refractivity contribution is -0.126. The van der Waals surface area contributed by atoms with Crippen molar-refractivity contribution in [2.24, 2.45) is 0 Å². The molecular weight excluding hydrogens is 334 g/mol. The second kappa shape index (κ2) is 7.08. The second-order valence-corrected chi connectivity index (χ2v) is 7.77. The normalized spacial score (nSPS) is 18.1. The van der Waals surface area contributed by atoms with Gasteiger partial charge in [-0.25, -0.2) is 0 Å². The fourth-order valence-electron chi connectivity index (χ4n) is 3.89. The minimum absolute atomic E-state index is 0.151. The molecule has 1 aromatic carbocycles. The number of fused-ring (bicyclic) bond motifs is 1. The molecule has 0 spiro atoms. The molecule has 5 heteroatoms. The second-order valence-electron chi connectivity index (χ2n) is 6.73. The molecule has 1 aromatic heterocycles. The SMILES string of the molecule is O=C(NCCc1cccs1)C1(c2ccc3c(c2)OCCO3)CCCC1. The largest absolute Gasteiger partial charge is 0.486 e. The van der Waals surface area contributed by atoms with Crippen molar-refractivity contribution in [3.8, 4) is 11.5 Å². The van der Waals surface area contributed by atoms with Crippen molar-refractivity contribution in [3.63, 3.8) is 0 Å². The van der Waals surface area contributed by atoms with Gasteiger partial charge in [0.15, 0.2) is 11.5 Å². The number of amides is 1. The number of hydrogen-bond donors (Lipinski definition) is 1. The molecule has 1 N–H and O–H groups in total. The van der Waals surface area contributed by atoms with Crippen LogP contribution >= 0.6 is 11.3 Å². The number of ether oxygens (including phenoxy) is 2. The third-order valence-corrected chi connectivity index (χ3v) is 6.16. The van der Waals surface area contributed by atoms with Crippen LogP contribution in [0.3, 0.4) is 0 Å². The molecule has 0 atom stereocenters. The number of hydrogen-bond acceptors (Lipinski definition) is 4. The molecule has 25 heavy (non-hydrogen) atoms. The first-order valence-electron chi connectivity index (χ1n) is 8.99. The average Bonchev–Trinajstić information content (AvgIpc) is 3.34. The number of rotatable bonds is 5. The first kappa shape index (κ1) is 16.5. The molecule has 1 aliphatic carbocycles. The maximum atomic E-state index is 13.1. The molecule has 0 radical (unpaired) electrons. The minimum atomic E-state index is -0.425. The lowest BCUT2D eigenvalue weighted by Crippen LogP contribution is -2.43. The van der Waals surface area contributed by atoms with Crippen LogP contribution in [-0.4, -0.2) is 25.7 Å². The van der Waals surface area contributed by atoms with Gasteiger partial charge in [0.05, 0.1) is 5.41 Å². The van der Waals surface area contributed by atoms with Gasteiger partial charge in [0.1, 0.15) is 13.2 Å². The van der Waals surface area contributed by atoms with Gasteiger partial charge in [0, 0.05) is 11.4 Å². The standard InChI is InChI=1S/C20H23NO3S/c22-19(21-10-7-16-4-3-13-25-16)20(8-1-2-9-20)15-5-6-17-18(14-15)24-12-11-23-17/h3-6,13-14H,1-2,7-12H2,(H,21,22). The molecule has 4 rings (SSSR count). The minimum Gasteiger partial charge on any atom is -0.486 e. The predicted octanol–water partition coefficient (Wildman–Crippen LogP) is 3.69. The summed E-state index contributed by atoms with van der Waals surface area (Å²) >= 11 is 1.74. The molecule has 0 bridgehead atoms. The maximum Gasteiger partial charge on any atom is 0.230 e. The Hall–Kier alpha value is -2.01. The highest BCUT2D eigenvalue weighted by atomic mass is 32.1. The van der Waals surface area contributed by atoms with Crippen molar-refractivity contribution in [3.05, 3.63) is 46.2 Å². The van der Waals surface area contributed by atoms with Crippen LogP contribution in [-0.2, 0) is 16.6 Å². The Labute approximate surface area is 152 Å². The first-order chi connectivity index (χ1) is 12.3. The zero-order valence-corrected chi connectivity index (χ0v) is 15.1. The molecule has 0 unspecified atom stereocenters. The Bertz CT molecular complexity index is 735. The molecule has 1 amide bonds. The maximum absolute atomic E-state index is 13.1. The van der Waals surface area contributed by atoms with E-state index in [2.05, 4.69) is 22.8 Å². The predicted molar refractivity (Wildman–Crippen MR) is 98.6 cm³/mol. The topological polar surface area (TPSA) is 47.6 Å². The number of carbonyl (C=O) groups excluding carboxylic acids is 1. The third kappa shape index (κ3) is 3.25. The van der Waals surface area contributed by atoms with Crippen LogP contribution < -0.4 is 14.8 Å². The van der Waals surface area contributed by atoms with Crippen LogP contribution in [0.4, 0.5) is 0 Å². The van der Waals surface area contributed by atoms with Crippen LogP contribution in [0.5, 0.6) is 11.5 Å². The van der Waals surface area contributed by atoms with Gasteiger partial charge in [-0.3, -0.25) is 4.79 Å². The molecular formula is C20H23NO3S. The fraction of sp³-hybridized carbons (Fsp3) is 0.450. The third-order valence-electron chi connectivity index (χ3n) is 5.22. The zero-order chi connectivity index (χ0) is 17.1. The molecule has 2 aliphatic rings. The van der Waals surface area contributed by atoms with Gasteiger partial charge in [-0.1, -0.05) is 25.0 Å². The summed E-state index contributed by atoms with van der Waals surface area (Å²) in [6.07, 6.45) is 4.87. The van der Waals surface area contributed by atoms with E-state index in [-0.39, 0.29) is 5.91 Å². The Morgan fingerprint density at radius 1 is 1.12 bits per heavy atom. The summed E-state index contributed by atoms with van der Waals surface area (Å²) in [7, 11) is 0. The van der Waals surface area contributed by atoms with Crippen LogP contribution in [0.1, 0.15) is 36.1 Å². The van der Waals surface area contributed by atoms with E-state index < -0.39 is 5.41 Å². The summed E-state index contributed by atoms with van der Waals surface area (Å²) in [4.78, 5) is 14.4. The summed E-state index contributed by atoms with van der Waals surface area (Å²) in [5, 5.41) is 5.25. The van der Waals surface area contributed by atoms with Crippen molar-refractivity contribution in [2.75, 3.05) is 19.8 Å². The number of benzene rings is 1. The van der Waals surface area contributed by atoms with E-state index in [1.54, 1.807) is 11.3 Å². The van der Waals surface area contributed by atoms with Crippen molar-refractivity contribution in [1.82, 2.24) is 5.32 Å². The molecule has 1 aliphatic heterocycles. The molecule has 132 valence electrons. The average molecular weight is 357 g/mol. The molecule has 2 heterocycles. The molecule has 2 aromatic rings. The molecule has 0 saturated heterocycles. The van der Waals surface area contributed by atoms with E-state index in [4.69, 9.17) is 9.47 Å². The van der Waals surface area contributed by atoms with E-state index in [0.717, 1.165) is 49.2 Å². The van der Waals surface area contributed by atoms with Crippen LogP contribution in [0.15, 0.2) is 35.7 Å². The van der Waals surface area contributed by atoms with E-state index >= 15 is 0 Å². The molecule has 1 fully saturated rings. The van der Waals surface area contributed by atoms with Crippen molar-refractivity contribution >= 4 is 17.2 Å². The van der Waals surface area contributed by atoms with Crippen molar-refractivity contribution in [1.29, 1.82) is 0 Å². The number of thiophene rings is 1. The Morgan fingerprint density at radius 2 is 1.92 bits per heavy atom. The summed E-state index contributed by atoms with van der Waals surface area (Å²) in [6, 6.07) is 10.2. The van der Waals surface area contributed by atoms with Gasteiger partial charge in [0.2, 0.25) is 5.91 Å². The van der Waals surface area contributed by atoms with E-state index in [1.165, 1.54) is 4.88 Å². The summed E-state index contributed by atoms with van der Waals surface area (Å²) < 4.78 is 11.3. The highest BCUT2D eigenvalue weighted by molar-refractivity contribution is 7.09. The van der Waals surface area contributed by atoms with E-state index in [9.17, 15) is 4.79 Å². The zero-order valence-electron chi connectivity index (χ0n) is 14.3. The van der Waals surface area contributed by atoms with E-state index in [0.29, 0.717) is 19.8 Å². The number of carbonyl (C=O) groups is 1. The van der Waals surface area contributed by atoms with Gasteiger partial charge in [-0.05, 0) is 48.4 Å². The Kier molecular flexibility index (Phi) is 4.66. The lowest BCUT2D eigenvalue weighted by Gasteiger charge is -2.30. The first-order valence-corrected chi connectivity index (χ1v) is 9.87. The summed E-state index contributed by atoms with van der Waals surface area (Å²) in [5.74, 6) is 1.70. The van der Waals surface area contributed by atoms with Crippen LogP contribution in [0.2, 0.25) is 0 Å². The summed E-state index contributed by atoms with van der Waals surface area (Å²) in [5.41, 5.74) is 0.633.